The highest BCUT2D eigenvalue weighted by molar-refractivity contribution is 8.23. The lowest BCUT2D eigenvalue weighted by molar-refractivity contribution is -0.141. The number of alkyl halides is 3. The Morgan fingerprint density at radius 1 is 1.11 bits per heavy atom. The molecule has 0 aliphatic carbocycles. The van der Waals surface area contributed by atoms with Crippen LogP contribution in [0.15, 0.2) is 82.8 Å². The highest BCUT2D eigenvalue weighted by Crippen LogP contribution is 2.54. The number of aromatic nitrogens is 2. The van der Waals surface area contributed by atoms with E-state index >= 15 is 0 Å². The Hall–Kier alpha value is -4.17. The first kappa shape index (κ1) is 25.5. The minimum atomic E-state index is -4.76. The lowest BCUT2D eigenvalue weighted by atomic mass is 10.0. The third-order valence-electron chi connectivity index (χ3n) is 5.87. The molecule has 196 valence electrons. The molecule has 3 aromatic carbocycles. The van der Waals surface area contributed by atoms with Crippen molar-refractivity contribution >= 4 is 28.6 Å². The van der Waals surface area contributed by atoms with E-state index in [4.69, 9.17) is 5.84 Å². The third-order valence-corrected chi connectivity index (χ3v) is 7.47. The summed E-state index contributed by atoms with van der Waals surface area (Å²) in [5.41, 5.74) is 1.56. The van der Waals surface area contributed by atoms with Gasteiger partial charge in [-0.2, -0.15) is 23.4 Å². The summed E-state index contributed by atoms with van der Waals surface area (Å²) in [5, 5.41) is 9.63. The quantitative estimate of drug-likeness (QED) is 0.133. The Labute approximate surface area is 216 Å². The molecule has 1 aliphatic rings. The van der Waals surface area contributed by atoms with Crippen molar-refractivity contribution in [1.82, 2.24) is 14.5 Å². The van der Waals surface area contributed by atoms with E-state index in [1.165, 1.54) is 18.3 Å². The Bertz CT molecular complexity index is 1550. The number of fused-ring (bicyclic) bond motifs is 1. The molecule has 0 saturated carbocycles. The fraction of sp³-hybridized carbons (Fsp3) is 0.0800. The SMILES string of the molecule is NN=Cc1cccc(-n2nc(C(F)(F)F)cc2C(=O)Nc2ccc(-c3cccc4c3S(O)(O)NC4)cc2)c1. The summed E-state index contributed by atoms with van der Waals surface area (Å²) in [5.74, 6) is 4.36. The molecule has 38 heavy (non-hydrogen) atoms. The largest absolute Gasteiger partial charge is 0.435 e. The molecule has 4 aromatic rings. The number of hydrogen-bond donors (Lipinski definition) is 5. The predicted molar refractivity (Wildman–Crippen MR) is 138 cm³/mol. The number of halogens is 3. The molecule has 1 aromatic heterocycles. The van der Waals surface area contributed by atoms with Gasteiger partial charge in [0.15, 0.2) is 5.69 Å². The molecule has 13 heteroatoms. The second-order valence-electron chi connectivity index (χ2n) is 8.39. The van der Waals surface area contributed by atoms with Crippen LogP contribution in [-0.2, 0) is 12.7 Å². The van der Waals surface area contributed by atoms with Gasteiger partial charge >= 0.3 is 6.18 Å². The molecule has 1 aliphatic heterocycles. The average Bonchev–Trinajstić information content (AvgIpc) is 3.47. The molecular weight excluding hydrogens is 521 g/mol. The topological polar surface area (TPSA) is 138 Å². The van der Waals surface area contributed by atoms with Crippen LogP contribution >= 0.6 is 10.8 Å². The zero-order valence-corrected chi connectivity index (χ0v) is 20.3. The van der Waals surface area contributed by atoms with Crippen molar-refractivity contribution in [3.8, 4) is 16.8 Å². The third kappa shape index (κ3) is 4.87. The molecular formula is C25H21F3N6O3S. The fourth-order valence-corrected chi connectivity index (χ4v) is 5.67. The van der Waals surface area contributed by atoms with Gasteiger partial charge in [0.25, 0.3) is 5.91 Å². The molecule has 0 radical (unpaired) electrons. The van der Waals surface area contributed by atoms with Crippen LogP contribution in [0.1, 0.15) is 27.3 Å². The van der Waals surface area contributed by atoms with E-state index in [2.05, 4.69) is 20.2 Å². The summed E-state index contributed by atoms with van der Waals surface area (Å²) in [6, 6.07) is 18.8. The maximum Gasteiger partial charge on any atom is 0.435 e. The van der Waals surface area contributed by atoms with Crippen LogP contribution in [0, 0.1) is 0 Å². The van der Waals surface area contributed by atoms with Gasteiger partial charge in [-0.05, 0) is 41.0 Å². The number of carbonyl (C=O) groups is 1. The van der Waals surface area contributed by atoms with E-state index in [9.17, 15) is 27.1 Å². The maximum absolute atomic E-state index is 13.5. The fourth-order valence-electron chi connectivity index (χ4n) is 4.17. The Morgan fingerprint density at radius 3 is 2.55 bits per heavy atom. The highest BCUT2D eigenvalue weighted by Gasteiger charge is 2.36. The van der Waals surface area contributed by atoms with Gasteiger partial charge in [0.1, 0.15) is 5.69 Å². The summed E-state index contributed by atoms with van der Waals surface area (Å²) in [4.78, 5) is 13.5. The molecule has 2 heterocycles. The number of nitrogens with one attached hydrogen (secondary N) is 2. The normalized spacial score (nSPS) is 15.4. The van der Waals surface area contributed by atoms with Crippen LogP contribution in [0.5, 0.6) is 0 Å². The summed E-state index contributed by atoms with van der Waals surface area (Å²) < 4.78 is 64.8. The van der Waals surface area contributed by atoms with Crippen LogP contribution in [0.25, 0.3) is 16.8 Å². The zero-order valence-electron chi connectivity index (χ0n) is 19.5. The highest BCUT2D eigenvalue weighted by atomic mass is 32.3. The minimum absolute atomic E-state index is 0.212. The minimum Gasteiger partial charge on any atom is -0.323 e. The van der Waals surface area contributed by atoms with Crippen LogP contribution in [0.4, 0.5) is 18.9 Å². The summed E-state index contributed by atoms with van der Waals surface area (Å²) in [7, 11) is -3.13. The van der Waals surface area contributed by atoms with Crippen molar-refractivity contribution < 1.29 is 27.1 Å². The van der Waals surface area contributed by atoms with Gasteiger partial charge in [-0.3, -0.25) is 13.9 Å². The summed E-state index contributed by atoms with van der Waals surface area (Å²) >= 11 is 0. The molecule has 0 unspecified atom stereocenters. The molecule has 0 fully saturated rings. The van der Waals surface area contributed by atoms with E-state index in [1.807, 2.05) is 0 Å². The van der Waals surface area contributed by atoms with Gasteiger partial charge < -0.3 is 11.2 Å². The van der Waals surface area contributed by atoms with Gasteiger partial charge in [0.2, 0.25) is 0 Å². The molecule has 0 spiro atoms. The summed E-state index contributed by atoms with van der Waals surface area (Å²) in [6.07, 6.45) is -3.45. The number of nitrogens with two attached hydrogens (primary N) is 1. The van der Waals surface area contributed by atoms with Gasteiger partial charge in [-0.15, -0.1) is 10.8 Å². The maximum atomic E-state index is 13.5. The zero-order chi connectivity index (χ0) is 27.1. The Kier molecular flexibility index (Phi) is 6.44. The molecule has 9 nitrogen and oxygen atoms in total. The summed E-state index contributed by atoms with van der Waals surface area (Å²) in [6.45, 7) is 0.329. The van der Waals surface area contributed by atoms with E-state index in [0.29, 0.717) is 39.9 Å². The number of amides is 1. The molecule has 6 N–H and O–H groups in total. The molecule has 0 bridgehead atoms. The Balaban J connectivity index is 1.45. The van der Waals surface area contributed by atoms with Gasteiger partial charge in [-0.1, -0.05) is 42.5 Å². The van der Waals surface area contributed by atoms with Crippen molar-refractivity contribution in [2.24, 2.45) is 10.9 Å². The Morgan fingerprint density at radius 2 is 1.84 bits per heavy atom. The first-order valence-corrected chi connectivity index (χ1v) is 12.7. The number of rotatable bonds is 5. The standard InChI is InChI=1S/C25H21F3N6O3S/c26-25(27,28)22-12-21(34(33-22)19-5-1-3-15(11-19)13-30-29)24(35)32-18-9-7-16(8-10-18)20-6-2-4-17-14-31-38(36,37)23(17)20/h1-13,31,36-37H,14,29H2,(H,32,35). The van der Waals surface area contributed by atoms with Crippen LogP contribution in [0.2, 0.25) is 0 Å². The van der Waals surface area contributed by atoms with Gasteiger partial charge in [0.05, 0.1) is 16.8 Å². The second-order valence-corrected chi connectivity index (χ2v) is 10.2. The van der Waals surface area contributed by atoms with Crippen LogP contribution in [0.3, 0.4) is 0 Å². The van der Waals surface area contributed by atoms with E-state index < -0.39 is 28.6 Å². The first-order chi connectivity index (χ1) is 18.1. The lowest BCUT2D eigenvalue weighted by Crippen LogP contribution is -2.17. The number of carbonyl (C=O) groups excluding carboxylic acids is 1. The molecule has 1 amide bonds. The first-order valence-electron chi connectivity index (χ1n) is 11.1. The van der Waals surface area contributed by atoms with Crippen molar-refractivity contribution in [2.75, 3.05) is 5.32 Å². The predicted octanol–water partition coefficient (Wildman–Crippen LogP) is 5.23. The lowest BCUT2D eigenvalue weighted by Gasteiger charge is -2.29. The monoisotopic (exact) mass is 542 g/mol. The van der Waals surface area contributed by atoms with Crippen LogP contribution < -0.4 is 15.9 Å². The van der Waals surface area contributed by atoms with Crippen molar-refractivity contribution in [3.05, 3.63) is 95.3 Å². The molecule has 0 atom stereocenters. The molecule has 5 rings (SSSR count). The smallest absolute Gasteiger partial charge is 0.323 e. The second kappa shape index (κ2) is 9.61. The average molecular weight is 543 g/mol. The molecule has 0 saturated heterocycles. The van der Waals surface area contributed by atoms with Crippen molar-refractivity contribution in [1.29, 1.82) is 0 Å². The number of hydrogen-bond acceptors (Lipinski definition) is 7. The number of nitrogens with zero attached hydrogens (tertiary/aromatic N) is 3. The number of benzene rings is 3. The van der Waals surface area contributed by atoms with Crippen molar-refractivity contribution in [2.45, 2.75) is 17.6 Å². The van der Waals surface area contributed by atoms with Crippen LogP contribution in [-0.4, -0.2) is 31.0 Å². The number of hydrazone groups is 1. The van der Waals surface area contributed by atoms with E-state index in [1.54, 1.807) is 54.6 Å². The van der Waals surface area contributed by atoms with Crippen molar-refractivity contribution in [3.63, 3.8) is 0 Å². The van der Waals surface area contributed by atoms with Gasteiger partial charge in [-0.25, -0.2) is 9.40 Å². The van der Waals surface area contributed by atoms with Gasteiger partial charge in [0, 0.05) is 23.9 Å². The van der Waals surface area contributed by atoms with E-state index in [0.717, 1.165) is 10.2 Å². The van der Waals surface area contributed by atoms with E-state index in [-0.39, 0.29) is 11.4 Å². The number of anilines is 1.